The molecule has 0 bridgehead atoms. The molecule has 2 unspecified atom stereocenters. The standard InChI is InChI=1S/C17H31NO3/c1-5-7-9-13(6-2)15(19)18-11-8-10-14(12-18)17(3,4)16(20)21/h13-14H,5-12H2,1-4H3,(H,20,21). The SMILES string of the molecule is CCCCC(CC)C(=O)N1CCCC(C(C)(C)C(=O)O)C1. The molecule has 0 saturated carbocycles. The number of carboxylic acids is 1. The van der Waals surface area contributed by atoms with E-state index in [9.17, 15) is 14.7 Å². The number of carbonyl (C=O) groups is 2. The maximum atomic E-state index is 12.7. The van der Waals surface area contributed by atoms with Crippen molar-refractivity contribution in [1.29, 1.82) is 0 Å². The lowest BCUT2D eigenvalue weighted by Crippen LogP contribution is -2.48. The molecule has 1 aliphatic heterocycles. The Labute approximate surface area is 128 Å². The second-order valence-electron chi connectivity index (χ2n) is 6.90. The first kappa shape index (κ1) is 18.0. The molecular weight excluding hydrogens is 266 g/mol. The van der Waals surface area contributed by atoms with E-state index in [1.165, 1.54) is 0 Å². The van der Waals surface area contributed by atoms with Crippen LogP contribution in [0.5, 0.6) is 0 Å². The lowest BCUT2D eigenvalue weighted by atomic mass is 9.74. The summed E-state index contributed by atoms with van der Waals surface area (Å²) < 4.78 is 0. The van der Waals surface area contributed by atoms with Crippen molar-refractivity contribution in [2.75, 3.05) is 13.1 Å². The first-order valence-electron chi connectivity index (χ1n) is 8.36. The van der Waals surface area contributed by atoms with Gasteiger partial charge in [-0.05, 0) is 45.4 Å². The molecule has 0 spiro atoms. The Bertz CT molecular complexity index is 365. The van der Waals surface area contributed by atoms with Gasteiger partial charge in [-0.15, -0.1) is 0 Å². The molecule has 122 valence electrons. The van der Waals surface area contributed by atoms with Crippen molar-refractivity contribution in [3.8, 4) is 0 Å². The Kier molecular flexibility index (Phi) is 6.69. The number of aliphatic carboxylic acids is 1. The van der Waals surface area contributed by atoms with Gasteiger partial charge in [0.15, 0.2) is 0 Å². The van der Waals surface area contributed by atoms with Crippen LogP contribution < -0.4 is 0 Å². The number of unbranched alkanes of at least 4 members (excludes halogenated alkanes) is 1. The number of likely N-dealkylation sites (tertiary alicyclic amines) is 1. The van der Waals surface area contributed by atoms with Gasteiger partial charge in [-0.2, -0.15) is 0 Å². The van der Waals surface area contributed by atoms with Crippen molar-refractivity contribution in [3.05, 3.63) is 0 Å². The topological polar surface area (TPSA) is 57.6 Å². The third-order valence-electron chi connectivity index (χ3n) is 5.05. The number of rotatable bonds is 7. The van der Waals surface area contributed by atoms with Gasteiger partial charge in [-0.1, -0.05) is 26.7 Å². The normalized spacial score (nSPS) is 21.1. The van der Waals surface area contributed by atoms with Gasteiger partial charge >= 0.3 is 5.97 Å². The van der Waals surface area contributed by atoms with Gasteiger partial charge in [0.05, 0.1) is 5.41 Å². The molecule has 1 rings (SSSR count). The van der Waals surface area contributed by atoms with Crippen LogP contribution in [0.25, 0.3) is 0 Å². The van der Waals surface area contributed by atoms with E-state index in [0.29, 0.717) is 6.54 Å². The second-order valence-corrected chi connectivity index (χ2v) is 6.90. The predicted molar refractivity (Wildman–Crippen MR) is 84.0 cm³/mol. The summed E-state index contributed by atoms with van der Waals surface area (Å²) in [6.45, 7) is 9.16. The zero-order valence-electron chi connectivity index (χ0n) is 14.0. The zero-order chi connectivity index (χ0) is 16.0. The number of hydrogen-bond acceptors (Lipinski definition) is 2. The smallest absolute Gasteiger partial charge is 0.309 e. The molecule has 0 aliphatic carbocycles. The van der Waals surface area contributed by atoms with E-state index in [1.54, 1.807) is 13.8 Å². The van der Waals surface area contributed by atoms with E-state index in [0.717, 1.165) is 45.1 Å². The van der Waals surface area contributed by atoms with E-state index in [1.807, 2.05) is 4.90 Å². The molecule has 21 heavy (non-hydrogen) atoms. The molecule has 1 heterocycles. The summed E-state index contributed by atoms with van der Waals surface area (Å²) >= 11 is 0. The monoisotopic (exact) mass is 297 g/mol. The molecule has 4 nitrogen and oxygen atoms in total. The fraction of sp³-hybridized carbons (Fsp3) is 0.882. The Morgan fingerprint density at radius 3 is 2.52 bits per heavy atom. The van der Waals surface area contributed by atoms with Crippen molar-refractivity contribution in [3.63, 3.8) is 0 Å². The molecule has 0 aromatic carbocycles. The van der Waals surface area contributed by atoms with Crippen LogP contribution >= 0.6 is 0 Å². The first-order valence-corrected chi connectivity index (χ1v) is 8.36. The summed E-state index contributed by atoms with van der Waals surface area (Å²) in [6.07, 6.45) is 5.84. The fourth-order valence-electron chi connectivity index (χ4n) is 3.15. The summed E-state index contributed by atoms with van der Waals surface area (Å²) in [7, 11) is 0. The molecule has 1 saturated heterocycles. The summed E-state index contributed by atoms with van der Waals surface area (Å²) in [5.74, 6) is -0.371. The molecule has 0 radical (unpaired) electrons. The second kappa shape index (κ2) is 7.81. The lowest BCUT2D eigenvalue weighted by Gasteiger charge is -2.40. The highest BCUT2D eigenvalue weighted by Crippen LogP contribution is 2.35. The van der Waals surface area contributed by atoms with E-state index < -0.39 is 11.4 Å². The van der Waals surface area contributed by atoms with Crippen LogP contribution in [0.4, 0.5) is 0 Å². The Morgan fingerprint density at radius 1 is 1.33 bits per heavy atom. The van der Waals surface area contributed by atoms with Crippen molar-refractivity contribution in [1.82, 2.24) is 4.90 Å². The number of hydrogen-bond donors (Lipinski definition) is 1. The average Bonchev–Trinajstić information content (AvgIpc) is 2.47. The Morgan fingerprint density at radius 2 is 2.00 bits per heavy atom. The van der Waals surface area contributed by atoms with Crippen molar-refractivity contribution in [2.24, 2.45) is 17.3 Å². The minimum atomic E-state index is -0.764. The first-order chi connectivity index (χ1) is 9.84. The van der Waals surface area contributed by atoms with Crippen LogP contribution in [0.15, 0.2) is 0 Å². The number of piperidine rings is 1. The molecule has 0 aromatic heterocycles. The van der Waals surface area contributed by atoms with Gasteiger partial charge in [0.1, 0.15) is 0 Å². The minimum Gasteiger partial charge on any atom is -0.481 e. The largest absolute Gasteiger partial charge is 0.481 e. The van der Waals surface area contributed by atoms with Crippen LogP contribution in [-0.2, 0) is 9.59 Å². The van der Waals surface area contributed by atoms with Crippen molar-refractivity contribution < 1.29 is 14.7 Å². The number of carbonyl (C=O) groups excluding carboxylic acids is 1. The fourth-order valence-corrected chi connectivity index (χ4v) is 3.15. The quantitative estimate of drug-likeness (QED) is 0.781. The molecule has 2 atom stereocenters. The van der Waals surface area contributed by atoms with Gasteiger partial charge in [0, 0.05) is 19.0 Å². The van der Waals surface area contributed by atoms with Gasteiger partial charge in [-0.3, -0.25) is 9.59 Å². The molecule has 4 heteroatoms. The average molecular weight is 297 g/mol. The van der Waals surface area contributed by atoms with Crippen LogP contribution in [0, 0.1) is 17.3 Å². The number of amides is 1. The third kappa shape index (κ3) is 4.45. The van der Waals surface area contributed by atoms with Gasteiger partial charge in [0.2, 0.25) is 5.91 Å². The molecule has 0 aromatic rings. The molecule has 1 fully saturated rings. The van der Waals surface area contributed by atoms with E-state index in [-0.39, 0.29) is 17.7 Å². The van der Waals surface area contributed by atoms with Crippen LogP contribution in [0.3, 0.4) is 0 Å². The van der Waals surface area contributed by atoms with Crippen molar-refractivity contribution in [2.45, 2.75) is 66.2 Å². The van der Waals surface area contributed by atoms with Gasteiger partial charge in [-0.25, -0.2) is 0 Å². The van der Waals surface area contributed by atoms with Gasteiger partial charge < -0.3 is 10.0 Å². The Balaban J connectivity index is 2.71. The predicted octanol–water partition coefficient (Wildman–Crippen LogP) is 3.55. The van der Waals surface area contributed by atoms with Crippen molar-refractivity contribution >= 4 is 11.9 Å². The maximum Gasteiger partial charge on any atom is 0.309 e. The zero-order valence-corrected chi connectivity index (χ0v) is 14.0. The highest BCUT2D eigenvalue weighted by atomic mass is 16.4. The highest BCUT2D eigenvalue weighted by molar-refractivity contribution is 5.79. The van der Waals surface area contributed by atoms with E-state index in [2.05, 4.69) is 13.8 Å². The molecule has 1 N–H and O–H groups in total. The number of carboxylic acid groups (broad SMARTS) is 1. The molecule has 1 amide bonds. The maximum absolute atomic E-state index is 12.7. The molecular formula is C17H31NO3. The number of nitrogens with zero attached hydrogens (tertiary/aromatic N) is 1. The van der Waals surface area contributed by atoms with E-state index in [4.69, 9.17) is 0 Å². The van der Waals surface area contributed by atoms with Crippen LogP contribution in [0.1, 0.15) is 66.2 Å². The third-order valence-corrected chi connectivity index (χ3v) is 5.05. The lowest BCUT2D eigenvalue weighted by molar-refractivity contribution is -0.153. The minimum absolute atomic E-state index is 0.0522. The van der Waals surface area contributed by atoms with E-state index >= 15 is 0 Å². The molecule has 1 aliphatic rings. The summed E-state index contributed by atoms with van der Waals surface area (Å²) in [6, 6.07) is 0. The summed E-state index contributed by atoms with van der Waals surface area (Å²) in [4.78, 5) is 26.0. The highest BCUT2D eigenvalue weighted by Gasteiger charge is 2.40. The van der Waals surface area contributed by atoms with Crippen LogP contribution in [0.2, 0.25) is 0 Å². The summed E-state index contributed by atoms with van der Waals surface area (Å²) in [5, 5.41) is 9.39. The van der Waals surface area contributed by atoms with Gasteiger partial charge in [0.25, 0.3) is 0 Å². The van der Waals surface area contributed by atoms with Crippen LogP contribution in [-0.4, -0.2) is 35.0 Å². The Hall–Kier alpha value is -1.06. The summed E-state index contributed by atoms with van der Waals surface area (Å²) in [5.41, 5.74) is -0.760.